The molecule has 0 unspecified atom stereocenters. The highest BCUT2D eigenvalue weighted by Gasteiger charge is 2.33. The summed E-state index contributed by atoms with van der Waals surface area (Å²) in [6, 6.07) is 0. The topological polar surface area (TPSA) is 72.8 Å². The molecule has 0 atom stereocenters. The van der Waals surface area contributed by atoms with E-state index in [-0.39, 0.29) is 0 Å². The second-order valence-electron chi connectivity index (χ2n) is 2.81. The van der Waals surface area contributed by atoms with E-state index in [4.69, 9.17) is 4.55 Å². The fourth-order valence-corrected chi connectivity index (χ4v) is 1.91. The van der Waals surface area contributed by atoms with Crippen molar-refractivity contribution >= 4 is 10.1 Å². The molecular formula is C8H7F3O5S. The van der Waals surface area contributed by atoms with E-state index in [9.17, 15) is 21.6 Å². The third-order valence-electron chi connectivity index (χ3n) is 1.86. The van der Waals surface area contributed by atoms with E-state index in [1.807, 2.05) is 0 Å². The SMILES string of the molecule is COc1c(F)c(F)c(S(=O)(=O)O)c(OC)c1F. The van der Waals surface area contributed by atoms with Gasteiger partial charge in [0.2, 0.25) is 11.6 Å². The van der Waals surface area contributed by atoms with Crippen LogP contribution in [-0.2, 0) is 10.1 Å². The Balaban J connectivity index is 3.86. The zero-order chi connectivity index (χ0) is 13.4. The van der Waals surface area contributed by atoms with Crippen LogP contribution < -0.4 is 9.47 Å². The molecule has 0 saturated carbocycles. The first-order valence-electron chi connectivity index (χ1n) is 4.01. The van der Waals surface area contributed by atoms with E-state index in [0.29, 0.717) is 0 Å². The lowest BCUT2D eigenvalue weighted by Gasteiger charge is -2.12. The van der Waals surface area contributed by atoms with Gasteiger partial charge in [-0.2, -0.15) is 17.2 Å². The van der Waals surface area contributed by atoms with Crippen molar-refractivity contribution in [2.75, 3.05) is 14.2 Å². The van der Waals surface area contributed by atoms with Crippen LogP contribution in [0.4, 0.5) is 13.2 Å². The second-order valence-corrected chi connectivity index (χ2v) is 4.17. The van der Waals surface area contributed by atoms with Crippen LogP contribution in [0.15, 0.2) is 4.90 Å². The van der Waals surface area contributed by atoms with Crippen molar-refractivity contribution in [2.24, 2.45) is 0 Å². The third-order valence-corrected chi connectivity index (χ3v) is 2.74. The van der Waals surface area contributed by atoms with Crippen LogP contribution in [0.1, 0.15) is 0 Å². The van der Waals surface area contributed by atoms with E-state index in [2.05, 4.69) is 9.47 Å². The number of hydrogen-bond acceptors (Lipinski definition) is 4. The Kier molecular flexibility index (Phi) is 3.53. The number of halogens is 3. The number of rotatable bonds is 3. The standard InChI is InChI=1S/C8H7F3O5S/c1-15-6-3(9)4(10)8(17(12,13)14)7(16-2)5(6)11/h1-2H3,(H,12,13,14). The van der Waals surface area contributed by atoms with Gasteiger partial charge in [-0.15, -0.1) is 0 Å². The van der Waals surface area contributed by atoms with Gasteiger partial charge in [0.05, 0.1) is 14.2 Å². The maximum absolute atomic E-state index is 13.5. The first-order valence-corrected chi connectivity index (χ1v) is 5.45. The van der Waals surface area contributed by atoms with Gasteiger partial charge in [-0.05, 0) is 0 Å². The normalized spacial score (nSPS) is 11.4. The second kappa shape index (κ2) is 4.41. The lowest BCUT2D eigenvalue weighted by molar-refractivity contribution is 0.307. The Morgan fingerprint density at radius 1 is 0.941 bits per heavy atom. The molecule has 0 radical (unpaired) electrons. The van der Waals surface area contributed by atoms with Crippen LogP contribution in [0.5, 0.6) is 11.5 Å². The van der Waals surface area contributed by atoms with Crippen LogP contribution in [0.25, 0.3) is 0 Å². The minimum Gasteiger partial charge on any atom is -0.492 e. The van der Waals surface area contributed by atoms with Crippen LogP contribution >= 0.6 is 0 Å². The monoisotopic (exact) mass is 272 g/mol. The van der Waals surface area contributed by atoms with Crippen LogP contribution in [0, 0.1) is 17.5 Å². The molecule has 0 aromatic heterocycles. The molecule has 9 heteroatoms. The lowest BCUT2D eigenvalue weighted by Crippen LogP contribution is -2.10. The zero-order valence-corrected chi connectivity index (χ0v) is 9.44. The molecule has 0 fully saturated rings. The fraction of sp³-hybridized carbons (Fsp3) is 0.250. The summed E-state index contributed by atoms with van der Waals surface area (Å²) in [6.45, 7) is 0. The fourth-order valence-electron chi connectivity index (χ4n) is 1.19. The minimum atomic E-state index is -5.18. The molecule has 0 amide bonds. The van der Waals surface area contributed by atoms with E-state index in [1.165, 1.54) is 0 Å². The van der Waals surface area contributed by atoms with Crippen LogP contribution in [0.2, 0.25) is 0 Å². The Labute approximate surface area is 94.5 Å². The van der Waals surface area contributed by atoms with Crippen LogP contribution in [-0.4, -0.2) is 27.2 Å². The predicted octanol–water partition coefficient (Wildman–Crippen LogP) is 1.37. The molecule has 1 aromatic rings. The summed E-state index contributed by atoms with van der Waals surface area (Å²) in [4.78, 5) is -1.62. The van der Waals surface area contributed by atoms with Gasteiger partial charge in [0.1, 0.15) is 0 Å². The highest BCUT2D eigenvalue weighted by atomic mass is 32.2. The number of ether oxygens (including phenoxy) is 2. The van der Waals surface area contributed by atoms with Crippen molar-refractivity contribution in [1.29, 1.82) is 0 Å². The molecular weight excluding hydrogens is 265 g/mol. The Hall–Kier alpha value is -1.48. The smallest absolute Gasteiger partial charge is 0.301 e. The van der Waals surface area contributed by atoms with Gasteiger partial charge in [0.25, 0.3) is 0 Å². The summed E-state index contributed by atoms with van der Waals surface area (Å²) in [5.74, 6) is -7.74. The first-order chi connectivity index (χ1) is 7.75. The maximum atomic E-state index is 13.5. The van der Waals surface area contributed by atoms with E-state index in [0.717, 1.165) is 14.2 Å². The molecule has 0 aliphatic heterocycles. The van der Waals surface area contributed by atoms with Crippen molar-refractivity contribution in [3.05, 3.63) is 17.5 Å². The molecule has 0 saturated heterocycles. The molecule has 1 aromatic carbocycles. The van der Waals surface area contributed by atoms with Crippen molar-refractivity contribution in [2.45, 2.75) is 4.90 Å². The molecule has 0 heterocycles. The summed E-state index contributed by atoms with van der Waals surface area (Å²) >= 11 is 0. The Morgan fingerprint density at radius 2 is 1.41 bits per heavy atom. The third kappa shape index (κ3) is 2.15. The van der Waals surface area contributed by atoms with Gasteiger partial charge >= 0.3 is 10.1 Å². The lowest BCUT2D eigenvalue weighted by atomic mass is 10.2. The molecule has 1 N–H and O–H groups in total. The van der Waals surface area contributed by atoms with Gasteiger partial charge < -0.3 is 9.47 Å². The first kappa shape index (κ1) is 13.6. The summed E-state index contributed by atoms with van der Waals surface area (Å²) in [6.07, 6.45) is 0. The molecule has 0 bridgehead atoms. The molecule has 0 aliphatic carbocycles. The van der Waals surface area contributed by atoms with Gasteiger partial charge in [-0.3, -0.25) is 4.55 Å². The number of hydrogen-bond donors (Lipinski definition) is 1. The molecule has 17 heavy (non-hydrogen) atoms. The van der Waals surface area contributed by atoms with Crippen molar-refractivity contribution in [1.82, 2.24) is 0 Å². The van der Waals surface area contributed by atoms with Crippen LogP contribution in [0.3, 0.4) is 0 Å². The van der Waals surface area contributed by atoms with E-state index in [1.54, 1.807) is 0 Å². The Bertz CT molecular complexity index is 555. The quantitative estimate of drug-likeness (QED) is 0.664. The summed E-state index contributed by atoms with van der Waals surface area (Å²) in [5, 5.41) is 0. The van der Waals surface area contributed by atoms with E-state index >= 15 is 0 Å². The van der Waals surface area contributed by atoms with Crippen molar-refractivity contribution in [3.63, 3.8) is 0 Å². The van der Waals surface area contributed by atoms with Gasteiger partial charge in [-0.25, -0.2) is 4.39 Å². The Morgan fingerprint density at radius 3 is 1.76 bits per heavy atom. The molecule has 1 rings (SSSR count). The summed E-state index contributed by atoms with van der Waals surface area (Å²) < 4.78 is 78.8. The summed E-state index contributed by atoms with van der Waals surface area (Å²) in [5.41, 5.74) is 0. The number of methoxy groups -OCH3 is 2. The average Bonchev–Trinajstić information content (AvgIpc) is 2.22. The number of benzene rings is 1. The zero-order valence-electron chi connectivity index (χ0n) is 8.62. The maximum Gasteiger partial charge on any atom is 0.301 e. The highest BCUT2D eigenvalue weighted by molar-refractivity contribution is 7.86. The average molecular weight is 272 g/mol. The molecule has 0 aliphatic rings. The predicted molar refractivity (Wildman–Crippen MR) is 49.2 cm³/mol. The molecule has 0 spiro atoms. The van der Waals surface area contributed by atoms with Gasteiger partial charge in [-0.1, -0.05) is 0 Å². The summed E-state index contributed by atoms with van der Waals surface area (Å²) in [7, 11) is -3.50. The molecule has 96 valence electrons. The van der Waals surface area contributed by atoms with Gasteiger partial charge in [0.15, 0.2) is 22.2 Å². The molecule has 5 nitrogen and oxygen atoms in total. The minimum absolute atomic E-state index is 0.823. The van der Waals surface area contributed by atoms with Crippen molar-refractivity contribution < 1.29 is 35.6 Å². The van der Waals surface area contributed by atoms with Gasteiger partial charge in [0, 0.05) is 0 Å². The largest absolute Gasteiger partial charge is 0.492 e. The van der Waals surface area contributed by atoms with Crippen molar-refractivity contribution in [3.8, 4) is 11.5 Å². The highest BCUT2D eigenvalue weighted by Crippen LogP contribution is 2.38. The van der Waals surface area contributed by atoms with E-state index < -0.39 is 44.0 Å².